The summed E-state index contributed by atoms with van der Waals surface area (Å²) in [6.45, 7) is 18.4. The molecule has 0 saturated carbocycles. The van der Waals surface area contributed by atoms with Crippen molar-refractivity contribution >= 4 is 23.2 Å². The fraction of sp³-hybridized carbons (Fsp3) is 0.350. The van der Waals surface area contributed by atoms with Gasteiger partial charge in [0.25, 0.3) is 0 Å². The molecule has 2 amide bonds. The fourth-order valence-electron chi connectivity index (χ4n) is 3.54. The van der Waals surface area contributed by atoms with E-state index in [4.69, 9.17) is 9.47 Å². The van der Waals surface area contributed by atoms with Crippen molar-refractivity contribution in [3.05, 3.63) is 119 Å². The summed E-state index contributed by atoms with van der Waals surface area (Å²) in [5.74, 6) is 0.193. The van der Waals surface area contributed by atoms with Crippen molar-refractivity contribution in [2.75, 3.05) is 23.8 Å². The molecule has 0 aromatic heterocycles. The molecule has 0 fully saturated rings. The molecular weight excluding hydrogens is 782 g/mol. The normalized spacial score (nSPS) is 11.9. The van der Waals surface area contributed by atoms with Crippen LogP contribution in [0.4, 0.5) is 11.4 Å². The van der Waals surface area contributed by atoms with Gasteiger partial charge in [-0.1, -0.05) is 88.3 Å². The molecule has 0 spiro atoms. The molecule has 0 saturated heterocycles. The van der Waals surface area contributed by atoms with Crippen LogP contribution in [0.2, 0.25) is 0 Å². The number of amides is 2. The van der Waals surface area contributed by atoms with Gasteiger partial charge >= 0.3 is 0 Å². The molecule has 0 aliphatic rings. The molecule has 2 atom stereocenters. The van der Waals surface area contributed by atoms with Crippen LogP contribution in [-0.4, -0.2) is 46.4 Å². The minimum Gasteiger partial charge on any atom is -0.490 e. The zero-order valence-electron chi connectivity index (χ0n) is 31.2. The predicted molar refractivity (Wildman–Crippen MR) is 195 cm³/mol. The maximum absolute atomic E-state index is 12.1. The molecule has 0 heterocycles. The van der Waals surface area contributed by atoms with Crippen LogP contribution in [0, 0.1) is 39.8 Å². The molecule has 50 heavy (non-hydrogen) atoms. The Balaban J connectivity index is 0. The number of benzene rings is 4. The Morgan fingerprint density at radius 1 is 0.580 bits per heavy atom. The van der Waals surface area contributed by atoms with Crippen molar-refractivity contribution in [1.29, 1.82) is 0 Å². The van der Waals surface area contributed by atoms with Crippen LogP contribution < -0.4 is 20.1 Å². The molecule has 4 rings (SSSR count). The molecule has 266 valence electrons. The van der Waals surface area contributed by atoms with E-state index in [1.54, 1.807) is 48.5 Å². The van der Waals surface area contributed by atoms with Gasteiger partial charge in [-0.3, -0.25) is 9.59 Å². The third kappa shape index (κ3) is 18.7. The van der Waals surface area contributed by atoms with E-state index in [1.165, 1.54) is 13.8 Å². The molecule has 0 bridgehead atoms. The molecule has 0 aliphatic carbocycles. The van der Waals surface area contributed by atoms with E-state index >= 15 is 0 Å². The maximum atomic E-state index is 12.1. The number of carbonyl (C=O) groups is 2. The number of ether oxygens (including phenoxy) is 2. The van der Waals surface area contributed by atoms with E-state index in [0.29, 0.717) is 22.9 Å². The molecule has 4 aromatic carbocycles. The average Bonchev–Trinajstić information content (AvgIpc) is 3.08. The van der Waals surface area contributed by atoms with E-state index in [-0.39, 0.29) is 78.6 Å². The molecule has 2 radical (unpaired) electrons. The van der Waals surface area contributed by atoms with Crippen molar-refractivity contribution in [3.63, 3.8) is 0 Å². The van der Waals surface area contributed by atoms with Crippen LogP contribution in [0.15, 0.2) is 84.9 Å². The van der Waals surface area contributed by atoms with E-state index in [9.17, 15) is 19.8 Å². The minimum atomic E-state index is -1.63. The van der Waals surface area contributed by atoms with Crippen LogP contribution in [0.3, 0.4) is 0 Å². The van der Waals surface area contributed by atoms with Crippen LogP contribution in [0.1, 0.15) is 63.8 Å². The molecule has 4 N–H and O–H groups in total. The molecule has 8 nitrogen and oxygen atoms in total. The summed E-state index contributed by atoms with van der Waals surface area (Å²) in [4.78, 5) is 24.3. The van der Waals surface area contributed by atoms with Gasteiger partial charge in [0.15, 0.2) is 11.2 Å². The second-order valence-corrected chi connectivity index (χ2v) is 11.2. The van der Waals surface area contributed by atoms with Gasteiger partial charge in [0.05, 0.1) is 0 Å². The minimum absolute atomic E-state index is 0. The Morgan fingerprint density at radius 3 is 1.14 bits per heavy atom. The smallest absolute Gasteiger partial charge is 0.248 e. The van der Waals surface area contributed by atoms with Gasteiger partial charge in [-0.2, -0.15) is 47.5 Å². The van der Waals surface area contributed by atoms with Crippen LogP contribution in [0.25, 0.3) is 0 Å². The quantitative estimate of drug-likeness (QED) is 0.121. The second kappa shape index (κ2) is 25.5. The number of hydrogen-bond donors (Lipinski definition) is 4. The van der Waals surface area contributed by atoms with Gasteiger partial charge in [0.1, 0.15) is 24.7 Å². The Kier molecular flexibility index (Phi) is 25.3. The number of anilines is 2. The summed E-state index contributed by atoms with van der Waals surface area (Å²) >= 11 is 0. The van der Waals surface area contributed by atoms with E-state index in [2.05, 4.69) is 22.8 Å². The van der Waals surface area contributed by atoms with Crippen LogP contribution >= 0.6 is 0 Å². The number of hydrogen-bond acceptors (Lipinski definition) is 6. The summed E-state index contributed by atoms with van der Waals surface area (Å²) in [5.41, 5.74) is 2.11. The number of carbonyl (C=O) groups excluding carboxylic acids is 2. The first-order chi connectivity index (χ1) is 22.7. The average molecular weight is 835 g/mol. The van der Waals surface area contributed by atoms with Gasteiger partial charge < -0.3 is 30.3 Å². The Bertz CT molecular complexity index is 1390. The summed E-state index contributed by atoms with van der Waals surface area (Å²) in [5, 5.41) is 25.8. The third-order valence-corrected chi connectivity index (χ3v) is 6.51. The Hall–Kier alpha value is -2.45. The number of rotatable bonds is 10. The number of aryl methyl sites for hydroxylation is 4. The van der Waals surface area contributed by atoms with Gasteiger partial charge in [-0.05, 0) is 52.0 Å². The van der Waals surface area contributed by atoms with Crippen molar-refractivity contribution in [2.45, 2.75) is 80.4 Å². The summed E-state index contributed by atoms with van der Waals surface area (Å²) in [6, 6.07) is 31.4. The van der Waals surface area contributed by atoms with Gasteiger partial charge in [0, 0.05) is 65.4 Å². The van der Waals surface area contributed by atoms with Gasteiger partial charge in [0.2, 0.25) is 11.8 Å². The largest absolute Gasteiger partial charge is 0.490 e. The molecule has 4 aromatic rings. The van der Waals surface area contributed by atoms with Crippen molar-refractivity contribution in [1.82, 2.24) is 0 Å². The van der Waals surface area contributed by atoms with Gasteiger partial charge in [-0.25, -0.2) is 0 Å². The summed E-state index contributed by atoms with van der Waals surface area (Å²) in [7, 11) is 0. The monoisotopic (exact) mass is 834 g/mol. The third-order valence-electron chi connectivity index (χ3n) is 6.51. The second-order valence-electron chi connectivity index (χ2n) is 11.2. The topological polar surface area (TPSA) is 117 Å². The van der Waals surface area contributed by atoms with Gasteiger partial charge in [-0.15, -0.1) is 12.1 Å². The first-order valence-corrected chi connectivity index (χ1v) is 16.2. The maximum Gasteiger partial charge on any atom is 0.248 e. The van der Waals surface area contributed by atoms with E-state index in [1.807, 2.05) is 91.8 Å². The fourth-order valence-corrected chi connectivity index (χ4v) is 3.54. The number of nitrogens with one attached hydrogen (secondary N) is 2. The molecular formula is C40H52N2O6Y2-2. The SMILES string of the molecule is CC.CC.Cc1[c-]cc(NC(=O)[C@@](C)(O)COc2ccc(C)cc2)cc1.Cc1[c-]cc(NC(=O)[C@@](C)(O)COc2ccc(C)cc2)cc1.[Y].[Y]. The van der Waals surface area contributed by atoms with Crippen molar-refractivity contribution in [2.24, 2.45) is 0 Å². The first-order valence-electron chi connectivity index (χ1n) is 16.2. The summed E-state index contributed by atoms with van der Waals surface area (Å²) < 4.78 is 11.0. The molecule has 0 unspecified atom stereocenters. The van der Waals surface area contributed by atoms with E-state index in [0.717, 1.165) is 22.3 Å². The van der Waals surface area contributed by atoms with Crippen molar-refractivity contribution < 1.29 is 94.7 Å². The Morgan fingerprint density at radius 2 is 0.880 bits per heavy atom. The zero-order chi connectivity index (χ0) is 36.3. The zero-order valence-corrected chi connectivity index (χ0v) is 36.9. The van der Waals surface area contributed by atoms with Crippen molar-refractivity contribution in [3.8, 4) is 11.5 Å². The predicted octanol–water partition coefficient (Wildman–Crippen LogP) is 7.79. The molecule has 0 aliphatic heterocycles. The summed E-state index contributed by atoms with van der Waals surface area (Å²) in [6.07, 6.45) is 0. The number of aliphatic hydroxyl groups is 2. The molecule has 10 heteroatoms. The van der Waals surface area contributed by atoms with Crippen LogP contribution in [0.5, 0.6) is 11.5 Å². The van der Waals surface area contributed by atoms with Crippen LogP contribution in [-0.2, 0) is 75.0 Å². The van der Waals surface area contributed by atoms with E-state index < -0.39 is 23.0 Å². The Labute approximate surface area is 349 Å². The first kappa shape index (κ1) is 49.7. The standard InChI is InChI=1S/2C18H20NO3.2C2H6.2Y/c2*1-13-4-8-15(9-5-13)19-17(20)18(3,21)12-22-16-10-6-14(2)7-11-16;2*1-2;;/h2*4,6-11,21H,12H2,1-3H3,(H,19,20);2*1-2H3;;/q2*-1;;;;/t2*18-;;;;/m00..../s1.